The lowest BCUT2D eigenvalue weighted by Gasteiger charge is -2.23. The van der Waals surface area contributed by atoms with Gasteiger partial charge in [0.25, 0.3) is 0 Å². The summed E-state index contributed by atoms with van der Waals surface area (Å²) >= 11 is 0. The number of allylic oxidation sites excluding steroid dienone is 2. The maximum absolute atomic E-state index is 5.73. The summed E-state index contributed by atoms with van der Waals surface area (Å²) in [6, 6.07) is 0. The molecule has 2 heterocycles. The molecule has 0 N–H and O–H groups in total. The summed E-state index contributed by atoms with van der Waals surface area (Å²) in [5.74, 6) is 0. The molecule has 1 saturated heterocycles. The first-order valence-corrected chi connectivity index (χ1v) is 5.80. The summed E-state index contributed by atoms with van der Waals surface area (Å²) in [6.07, 6.45) is 11.3. The molecule has 0 radical (unpaired) electrons. The summed E-state index contributed by atoms with van der Waals surface area (Å²) in [5.41, 5.74) is 0. The first-order valence-electron chi connectivity index (χ1n) is 5.80. The molecule has 0 spiro atoms. The highest BCUT2D eigenvalue weighted by atomic mass is 16.5. The van der Waals surface area contributed by atoms with Gasteiger partial charge in [-0.05, 0) is 32.3 Å². The Labute approximate surface area is 95.7 Å². The minimum Gasteiger partial charge on any atom is -0.356 e. The first kappa shape index (κ1) is 11.1. The fraction of sp³-hybridized carbons (Fsp3) is 0.462. The Hall–Kier alpha value is -1.35. The molecular weight excluding hydrogens is 200 g/mol. The number of hydrogen-bond donors (Lipinski definition) is 0. The summed E-state index contributed by atoms with van der Waals surface area (Å²) in [5, 5.41) is 6.35. The highest BCUT2D eigenvalue weighted by Crippen LogP contribution is 2.19. The van der Waals surface area contributed by atoms with Crippen LogP contribution in [0, 0.1) is 0 Å². The Morgan fingerprint density at radius 3 is 3.12 bits per heavy atom. The molecule has 1 aliphatic rings. The van der Waals surface area contributed by atoms with Gasteiger partial charge in [0.05, 0.1) is 11.5 Å². The van der Waals surface area contributed by atoms with Gasteiger partial charge in [-0.3, -0.25) is 0 Å². The van der Waals surface area contributed by atoms with Gasteiger partial charge in [0.15, 0.2) is 6.23 Å². The normalized spacial score (nSPS) is 23.1. The SMILES string of the molecule is C=c1cnn(C2CCCCO2)/c1=C/C=C\C. The monoisotopic (exact) mass is 218 g/mol. The van der Waals surface area contributed by atoms with E-state index in [1.165, 1.54) is 6.42 Å². The molecule has 0 aromatic carbocycles. The molecule has 0 aliphatic carbocycles. The van der Waals surface area contributed by atoms with Gasteiger partial charge < -0.3 is 4.74 Å². The van der Waals surface area contributed by atoms with Crippen molar-refractivity contribution >= 4 is 12.7 Å². The van der Waals surface area contributed by atoms with E-state index >= 15 is 0 Å². The van der Waals surface area contributed by atoms with Crippen LogP contribution in [0.5, 0.6) is 0 Å². The van der Waals surface area contributed by atoms with Crippen LogP contribution in [0.15, 0.2) is 18.3 Å². The van der Waals surface area contributed by atoms with Gasteiger partial charge in [0.2, 0.25) is 0 Å². The predicted octanol–water partition coefficient (Wildman–Crippen LogP) is 1.35. The molecule has 1 aromatic heterocycles. The number of hydrogen-bond acceptors (Lipinski definition) is 2. The fourth-order valence-corrected chi connectivity index (χ4v) is 1.92. The third-order valence-electron chi connectivity index (χ3n) is 2.79. The topological polar surface area (TPSA) is 27.1 Å². The van der Waals surface area contributed by atoms with E-state index in [9.17, 15) is 0 Å². The van der Waals surface area contributed by atoms with E-state index in [1.807, 2.05) is 29.8 Å². The van der Waals surface area contributed by atoms with Gasteiger partial charge in [-0.1, -0.05) is 18.7 Å². The molecule has 0 amide bonds. The largest absolute Gasteiger partial charge is 0.356 e. The van der Waals surface area contributed by atoms with E-state index in [0.29, 0.717) is 0 Å². The highest BCUT2D eigenvalue weighted by molar-refractivity contribution is 5.34. The van der Waals surface area contributed by atoms with Crippen molar-refractivity contribution in [2.75, 3.05) is 6.61 Å². The van der Waals surface area contributed by atoms with Crippen molar-refractivity contribution in [3.05, 3.63) is 28.9 Å². The number of rotatable bonds is 2. The van der Waals surface area contributed by atoms with Crippen molar-refractivity contribution in [1.82, 2.24) is 9.78 Å². The first-order chi connectivity index (χ1) is 7.83. The van der Waals surface area contributed by atoms with Gasteiger partial charge >= 0.3 is 0 Å². The Morgan fingerprint density at radius 1 is 1.56 bits per heavy atom. The molecule has 0 bridgehead atoms. The Morgan fingerprint density at radius 2 is 2.44 bits per heavy atom. The molecule has 1 fully saturated rings. The zero-order valence-electron chi connectivity index (χ0n) is 9.72. The van der Waals surface area contributed by atoms with Crippen LogP contribution in [0.4, 0.5) is 0 Å². The van der Waals surface area contributed by atoms with Crippen molar-refractivity contribution in [3.8, 4) is 0 Å². The summed E-state index contributed by atoms with van der Waals surface area (Å²) < 4.78 is 7.67. The molecule has 3 nitrogen and oxygen atoms in total. The lowest BCUT2D eigenvalue weighted by atomic mass is 10.2. The second kappa shape index (κ2) is 5.12. The summed E-state index contributed by atoms with van der Waals surface area (Å²) in [6.45, 7) is 6.82. The van der Waals surface area contributed by atoms with Gasteiger partial charge in [-0.2, -0.15) is 5.10 Å². The van der Waals surface area contributed by atoms with E-state index in [0.717, 1.165) is 30.0 Å². The lowest BCUT2D eigenvalue weighted by Crippen LogP contribution is -2.33. The third-order valence-corrected chi connectivity index (χ3v) is 2.79. The Balaban J connectivity index is 2.37. The highest BCUT2D eigenvalue weighted by Gasteiger charge is 2.16. The predicted molar refractivity (Wildman–Crippen MR) is 65.1 cm³/mol. The summed E-state index contributed by atoms with van der Waals surface area (Å²) in [4.78, 5) is 0. The van der Waals surface area contributed by atoms with Crippen LogP contribution >= 0.6 is 0 Å². The molecule has 86 valence electrons. The van der Waals surface area contributed by atoms with Crippen molar-refractivity contribution in [1.29, 1.82) is 0 Å². The number of aromatic nitrogens is 2. The van der Waals surface area contributed by atoms with E-state index in [4.69, 9.17) is 4.74 Å². The molecule has 1 unspecified atom stereocenters. The Bertz CT molecular complexity index is 467. The lowest BCUT2D eigenvalue weighted by molar-refractivity contribution is -0.0412. The van der Waals surface area contributed by atoms with Crippen molar-refractivity contribution in [3.63, 3.8) is 0 Å². The van der Waals surface area contributed by atoms with Crippen LogP contribution in [-0.2, 0) is 4.74 Å². The average molecular weight is 218 g/mol. The van der Waals surface area contributed by atoms with E-state index in [1.54, 1.807) is 6.20 Å². The molecule has 16 heavy (non-hydrogen) atoms. The van der Waals surface area contributed by atoms with Crippen molar-refractivity contribution in [2.24, 2.45) is 0 Å². The Kier molecular flexibility index (Phi) is 3.57. The smallest absolute Gasteiger partial charge is 0.150 e. The van der Waals surface area contributed by atoms with E-state index in [-0.39, 0.29) is 6.23 Å². The maximum atomic E-state index is 5.73. The molecular formula is C13H18N2O. The van der Waals surface area contributed by atoms with Crippen LogP contribution in [0.25, 0.3) is 12.7 Å². The van der Waals surface area contributed by atoms with Crippen molar-refractivity contribution in [2.45, 2.75) is 32.4 Å². The quantitative estimate of drug-likeness (QED) is 0.749. The standard InChI is InChI=1S/C13H18N2O/c1-3-4-7-12-11(2)10-14-15(12)13-8-5-6-9-16-13/h3-4,7,10,13H,2,5-6,8-9H2,1H3/b4-3-,12-7+. The van der Waals surface area contributed by atoms with Crippen LogP contribution in [-0.4, -0.2) is 16.4 Å². The second-order valence-electron chi connectivity index (χ2n) is 4.01. The molecule has 1 aromatic rings. The van der Waals surface area contributed by atoms with Gasteiger partial charge in [-0.25, -0.2) is 4.68 Å². The molecule has 1 aliphatic heterocycles. The second-order valence-corrected chi connectivity index (χ2v) is 4.01. The van der Waals surface area contributed by atoms with Crippen LogP contribution in [0.1, 0.15) is 32.4 Å². The minimum atomic E-state index is 0.0840. The maximum Gasteiger partial charge on any atom is 0.150 e. The molecule has 2 rings (SSSR count). The molecule has 3 heteroatoms. The van der Waals surface area contributed by atoms with Gasteiger partial charge in [0, 0.05) is 11.8 Å². The zero-order valence-corrected chi connectivity index (χ0v) is 9.72. The number of nitrogens with zero attached hydrogens (tertiary/aromatic N) is 2. The third kappa shape index (κ3) is 2.25. The van der Waals surface area contributed by atoms with Crippen LogP contribution in [0.3, 0.4) is 0 Å². The molecule has 0 saturated carbocycles. The zero-order chi connectivity index (χ0) is 11.4. The number of ether oxygens (including phenoxy) is 1. The van der Waals surface area contributed by atoms with Crippen molar-refractivity contribution < 1.29 is 4.74 Å². The van der Waals surface area contributed by atoms with Crippen LogP contribution in [0.2, 0.25) is 0 Å². The van der Waals surface area contributed by atoms with Gasteiger partial charge in [-0.15, -0.1) is 0 Å². The summed E-state index contributed by atoms with van der Waals surface area (Å²) in [7, 11) is 0. The fourth-order valence-electron chi connectivity index (χ4n) is 1.92. The molecule has 1 atom stereocenters. The van der Waals surface area contributed by atoms with E-state index in [2.05, 4.69) is 11.7 Å². The average Bonchev–Trinajstić information content (AvgIpc) is 2.69. The minimum absolute atomic E-state index is 0.0840. The van der Waals surface area contributed by atoms with Crippen LogP contribution < -0.4 is 10.6 Å². The van der Waals surface area contributed by atoms with E-state index < -0.39 is 0 Å². The van der Waals surface area contributed by atoms with Gasteiger partial charge in [0.1, 0.15) is 0 Å².